The molecule has 0 heterocycles. The molecule has 2 saturated carbocycles. The highest BCUT2D eigenvalue weighted by Crippen LogP contribution is 2.60. The SMILES string of the molecule is C=C1/C(=C\C=C\[C@@H]2CC[C@](C)([C@@H](C)CC#CC(C)(C)O)C2(C)C)C[C@@H](O)C[C@@H]1O. The van der Waals surface area contributed by atoms with E-state index in [0.717, 1.165) is 30.4 Å². The molecule has 2 fully saturated rings. The number of rotatable bonds is 4. The molecule has 0 aromatic heterocycles. The van der Waals surface area contributed by atoms with Gasteiger partial charge < -0.3 is 15.3 Å². The molecule has 0 amide bonds. The Labute approximate surface area is 177 Å². The topological polar surface area (TPSA) is 60.7 Å². The molecule has 0 unspecified atom stereocenters. The zero-order valence-electron chi connectivity index (χ0n) is 19.1. The first-order valence-corrected chi connectivity index (χ1v) is 10.9. The minimum atomic E-state index is -0.936. The monoisotopic (exact) mass is 400 g/mol. The zero-order chi connectivity index (χ0) is 22.0. The van der Waals surface area contributed by atoms with Gasteiger partial charge in [-0.25, -0.2) is 0 Å². The molecule has 0 aliphatic heterocycles. The lowest BCUT2D eigenvalue weighted by molar-refractivity contribution is 0.0477. The number of aliphatic hydroxyl groups is 3. The van der Waals surface area contributed by atoms with Crippen LogP contribution >= 0.6 is 0 Å². The first-order chi connectivity index (χ1) is 13.3. The lowest BCUT2D eigenvalue weighted by atomic mass is 9.59. The molecule has 2 aliphatic rings. The van der Waals surface area contributed by atoms with E-state index >= 15 is 0 Å². The van der Waals surface area contributed by atoms with Crippen LogP contribution < -0.4 is 0 Å². The van der Waals surface area contributed by atoms with Crippen LogP contribution in [0.2, 0.25) is 0 Å². The van der Waals surface area contributed by atoms with Gasteiger partial charge in [-0.2, -0.15) is 0 Å². The molecule has 3 nitrogen and oxygen atoms in total. The second-order valence-electron chi connectivity index (χ2n) is 10.5. The Hall–Kier alpha value is -1.34. The van der Waals surface area contributed by atoms with Gasteiger partial charge in [-0.3, -0.25) is 0 Å². The van der Waals surface area contributed by atoms with Crippen LogP contribution in [0, 0.1) is 34.5 Å². The van der Waals surface area contributed by atoms with Gasteiger partial charge in [0.25, 0.3) is 0 Å². The summed E-state index contributed by atoms with van der Waals surface area (Å²) >= 11 is 0. The van der Waals surface area contributed by atoms with Crippen molar-refractivity contribution in [3.05, 3.63) is 36.0 Å². The highest BCUT2D eigenvalue weighted by Gasteiger charge is 2.52. The highest BCUT2D eigenvalue weighted by molar-refractivity contribution is 5.37. The number of aliphatic hydroxyl groups excluding tert-OH is 2. The van der Waals surface area contributed by atoms with Crippen LogP contribution in [0.1, 0.15) is 73.6 Å². The van der Waals surface area contributed by atoms with Crippen molar-refractivity contribution in [3.63, 3.8) is 0 Å². The maximum atomic E-state index is 10.0. The van der Waals surface area contributed by atoms with Crippen molar-refractivity contribution in [1.29, 1.82) is 0 Å². The Morgan fingerprint density at radius 3 is 2.55 bits per heavy atom. The van der Waals surface area contributed by atoms with Gasteiger partial charge in [-0.1, -0.05) is 64.3 Å². The largest absolute Gasteiger partial charge is 0.393 e. The average Bonchev–Trinajstić information content (AvgIpc) is 2.82. The Bertz CT molecular complexity index is 725. The molecule has 0 saturated heterocycles. The van der Waals surface area contributed by atoms with E-state index < -0.39 is 17.8 Å². The number of hydrogen-bond acceptors (Lipinski definition) is 3. The summed E-state index contributed by atoms with van der Waals surface area (Å²) in [5.74, 6) is 7.04. The smallest absolute Gasteiger partial charge is 0.119 e. The molecular weight excluding hydrogens is 360 g/mol. The molecule has 0 bridgehead atoms. The summed E-state index contributed by atoms with van der Waals surface area (Å²) in [7, 11) is 0. The molecule has 5 atom stereocenters. The van der Waals surface area contributed by atoms with Crippen molar-refractivity contribution in [3.8, 4) is 11.8 Å². The Kier molecular flexibility index (Phi) is 7.26. The normalized spacial score (nSPS) is 35.0. The van der Waals surface area contributed by atoms with E-state index in [1.807, 2.05) is 6.08 Å². The van der Waals surface area contributed by atoms with Gasteiger partial charge in [0.05, 0.1) is 12.2 Å². The van der Waals surface area contributed by atoms with Crippen molar-refractivity contribution in [2.75, 3.05) is 0 Å². The van der Waals surface area contributed by atoms with E-state index in [1.165, 1.54) is 0 Å². The van der Waals surface area contributed by atoms with E-state index in [0.29, 0.717) is 24.7 Å². The summed E-state index contributed by atoms with van der Waals surface area (Å²) in [4.78, 5) is 0. The summed E-state index contributed by atoms with van der Waals surface area (Å²) in [5.41, 5.74) is 1.04. The molecule has 0 radical (unpaired) electrons. The van der Waals surface area contributed by atoms with Crippen LogP contribution in [0.3, 0.4) is 0 Å². The van der Waals surface area contributed by atoms with Crippen LogP contribution in [0.15, 0.2) is 36.0 Å². The van der Waals surface area contributed by atoms with Gasteiger partial charge in [0.2, 0.25) is 0 Å². The second kappa shape index (κ2) is 8.80. The maximum Gasteiger partial charge on any atom is 0.119 e. The van der Waals surface area contributed by atoms with Crippen LogP contribution in [-0.2, 0) is 0 Å². The predicted octanol–water partition coefficient (Wildman–Crippen LogP) is 4.78. The summed E-state index contributed by atoms with van der Waals surface area (Å²) in [6.45, 7) is 16.8. The third-order valence-corrected chi connectivity index (χ3v) is 7.67. The molecular formula is C26H40O3. The molecule has 3 N–H and O–H groups in total. The van der Waals surface area contributed by atoms with Crippen molar-refractivity contribution < 1.29 is 15.3 Å². The minimum absolute atomic E-state index is 0.125. The summed E-state index contributed by atoms with van der Waals surface area (Å²) in [6.07, 6.45) is 9.27. The molecule has 2 rings (SSSR count). The quantitative estimate of drug-likeness (QED) is 0.595. The number of hydrogen-bond donors (Lipinski definition) is 3. The van der Waals surface area contributed by atoms with Crippen LogP contribution in [-0.4, -0.2) is 33.1 Å². The zero-order valence-corrected chi connectivity index (χ0v) is 19.1. The second-order valence-corrected chi connectivity index (χ2v) is 10.5. The Morgan fingerprint density at radius 1 is 1.28 bits per heavy atom. The van der Waals surface area contributed by atoms with Crippen molar-refractivity contribution in [2.45, 2.75) is 91.5 Å². The summed E-state index contributed by atoms with van der Waals surface area (Å²) in [5, 5.41) is 29.8. The van der Waals surface area contributed by atoms with Crippen LogP contribution in [0.25, 0.3) is 0 Å². The van der Waals surface area contributed by atoms with E-state index in [4.69, 9.17) is 0 Å². The van der Waals surface area contributed by atoms with Gasteiger partial charge in [-0.15, -0.1) is 0 Å². The first kappa shape index (κ1) is 23.9. The van der Waals surface area contributed by atoms with Crippen molar-refractivity contribution >= 4 is 0 Å². The molecule has 2 aliphatic carbocycles. The molecule has 0 aromatic rings. The van der Waals surface area contributed by atoms with Gasteiger partial charge in [-0.05, 0) is 66.9 Å². The lowest BCUT2D eigenvalue weighted by Crippen LogP contribution is -2.38. The minimum Gasteiger partial charge on any atom is -0.393 e. The summed E-state index contributed by atoms with van der Waals surface area (Å²) < 4.78 is 0. The van der Waals surface area contributed by atoms with E-state index in [-0.39, 0.29) is 10.8 Å². The predicted molar refractivity (Wildman–Crippen MR) is 120 cm³/mol. The van der Waals surface area contributed by atoms with Crippen LogP contribution in [0.5, 0.6) is 0 Å². The maximum absolute atomic E-state index is 10.0. The molecule has 29 heavy (non-hydrogen) atoms. The van der Waals surface area contributed by atoms with E-state index in [1.54, 1.807) is 13.8 Å². The van der Waals surface area contributed by atoms with Gasteiger partial charge in [0.1, 0.15) is 5.60 Å². The van der Waals surface area contributed by atoms with Crippen LogP contribution in [0.4, 0.5) is 0 Å². The molecule has 0 spiro atoms. The van der Waals surface area contributed by atoms with Gasteiger partial charge in [0, 0.05) is 12.8 Å². The highest BCUT2D eigenvalue weighted by atomic mass is 16.3. The van der Waals surface area contributed by atoms with Crippen molar-refractivity contribution in [2.24, 2.45) is 22.7 Å². The molecule has 0 aromatic carbocycles. The fourth-order valence-electron chi connectivity index (χ4n) is 4.99. The van der Waals surface area contributed by atoms with E-state index in [9.17, 15) is 15.3 Å². The van der Waals surface area contributed by atoms with Gasteiger partial charge in [0.15, 0.2) is 0 Å². The standard InChI is InChI=1S/C26H40O3/c1-18(10-9-14-24(3,4)29)26(7)15-13-21(25(26,5)6)12-8-11-20-16-22(27)17-23(28)19(20)2/h8,11-12,18,21-23,27-29H,2,10,13,15-17H2,1,3-7H3/b12-8+,20-11-/t18-,21+,22+,23-,26+/m0/s1. The fraction of sp³-hybridized carbons (Fsp3) is 0.692. The average molecular weight is 401 g/mol. The lowest BCUT2D eigenvalue weighted by Gasteiger charge is -2.45. The Morgan fingerprint density at radius 2 is 1.93 bits per heavy atom. The Balaban J connectivity index is 2.10. The third-order valence-electron chi connectivity index (χ3n) is 7.67. The fourth-order valence-corrected chi connectivity index (χ4v) is 4.99. The summed E-state index contributed by atoms with van der Waals surface area (Å²) in [6, 6.07) is 0. The molecule has 3 heteroatoms. The molecule has 162 valence electrons. The van der Waals surface area contributed by atoms with E-state index in [2.05, 4.69) is 58.3 Å². The van der Waals surface area contributed by atoms with Crippen molar-refractivity contribution in [1.82, 2.24) is 0 Å². The third kappa shape index (κ3) is 5.43. The first-order valence-electron chi connectivity index (χ1n) is 10.9. The van der Waals surface area contributed by atoms with Gasteiger partial charge >= 0.3 is 0 Å². The number of allylic oxidation sites excluding steroid dienone is 3.